The van der Waals surface area contributed by atoms with Crippen LogP contribution in [0.3, 0.4) is 0 Å². The fraction of sp³-hybridized carbons (Fsp3) is 0.417. The summed E-state index contributed by atoms with van der Waals surface area (Å²) in [7, 11) is 0. The molecule has 1 atom stereocenters. The van der Waals surface area contributed by atoms with Crippen LogP contribution >= 0.6 is 23.1 Å². The number of imidazole rings is 1. The van der Waals surface area contributed by atoms with E-state index in [9.17, 15) is 4.79 Å². The number of aromatic nitrogens is 3. The quantitative estimate of drug-likeness (QED) is 0.859. The fourth-order valence-corrected chi connectivity index (χ4v) is 3.63. The molecule has 2 rings (SSSR count). The highest BCUT2D eigenvalue weighted by Gasteiger charge is 2.17. The highest BCUT2D eigenvalue weighted by molar-refractivity contribution is 7.99. The van der Waals surface area contributed by atoms with Crippen molar-refractivity contribution in [2.24, 2.45) is 0 Å². The lowest BCUT2D eigenvalue weighted by molar-refractivity contribution is -0.133. The lowest BCUT2D eigenvalue weighted by Gasteiger charge is -2.14. The molecule has 2 heterocycles. The van der Waals surface area contributed by atoms with Crippen molar-refractivity contribution in [3.05, 3.63) is 28.0 Å². The predicted octanol–water partition coefficient (Wildman–Crippen LogP) is 2.74. The van der Waals surface area contributed by atoms with Crippen LogP contribution in [-0.2, 0) is 4.79 Å². The summed E-state index contributed by atoms with van der Waals surface area (Å²) in [6.45, 7) is 6.06. The average molecular weight is 297 g/mol. The molecule has 0 saturated carbocycles. The first kappa shape index (κ1) is 14.1. The SMILES string of the molecule is Cc1nc(C)c(C(C)n2ccnc2SCC(=O)O)s1. The summed E-state index contributed by atoms with van der Waals surface area (Å²) in [6.07, 6.45) is 3.58. The van der Waals surface area contributed by atoms with Crippen LogP contribution in [0.4, 0.5) is 0 Å². The van der Waals surface area contributed by atoms with E-state index in [2.05, 4.69) is 16.9 Å². The van der Waals surface area contributed by atoms with Crippen LogP contribution in [0.2, 0.25) is 0 Å². The summed E-state index contributed by atoms with van der Waals surface area (Å²) in [5, 5.41) is 10.5. The Morgan fingerprint density at radius 2 is 2.32 bits per heavy atom. The number of carboxylic acids is 1. The minimum absolute atomic E-state index is 0.0183. The summed E-state index contributed by atoms with van der Waals surface area (Å²) in [5.41, 5.74) is 1.03. The van der Waals surface area contributed by atoms with Crippen molar-refractivity contribution in [2.45, 2.75) is 32.0 Å². The molecule has 0 aliphatic carbocycles. The van der Waals surface area contributed by atoms with Crippen molar-refractivity contribution < 1.29 is 9.90 Å². The van der Waals surface area contributed by atoms with Gasteiger partial charge in [-0.3, -0.25) is 4.79 Å². The zero-order valence-electron chi connectivity index (χ0n) is 11.0. The number of hydrogen-bond acceptors (Lipinski definition) is 5. The Morgan fingerprint density at radius 3 is 2.89 bits per heavy atom. The van der Waals surface area contributed by atoms with Gasteiger partial charge in [-0.15, -0.1) is 11.3 Å². The van der Waals surface area contributed by atoms with Gasteiger partial charge in [0.15, 0.2) is 5.16 Å². The maximum absolute atomic E-state index is 10.6. The molecule has 0 aliphatic rings. The molecule has 2 aromatic heterocycles. The normalized spacial score (nSPS) is 12.6. The molecule has 1 N–H and O–H groups in total. The zero-order chi connectivity index (χ0) is 14.0. The Labute approximate surface area is 119 Å². The van der Waals surface area contributed by atoms with Crippen molar-refractivity contribution in [3.63, 3.8) is 0 Å². The molecule has 0 aromatic carbocycles. The third-order valence-electron chi connectivity index (χ3n) is 2.69. The van der Waals surface area contributed by atoms with Crippen molar-refractivity contribution >= 4 is 29.1 Å². The summed E-state index contributed by atoms with van der Waals surface area (Å²) in [5.74, 6) is -0.818. The van der Waals surface area contributed by atoms with E-state index in [1.54, 1.807) is 17.5 Å². The summed E-state index contributed by atoms with van der Waals surface area (Å²) in [4.78, 5) is 20.5. The van der Waals surface area contributed by atoms with Gasteiger partial charge in [0.1, 0.15) is 0 Å². The second kappa shape index (κ2) is 5.75. The third kappa shape index (κ3) is 3.16. The molecular formula is C12H15N3O2S2. The zero-order valence-corrected chi connectivity index (χ0v) is 12.6. The van der Waals surface area contributed by atoms with Gasteiger partial charge in [-0.1, -0.05) is 11.8 Å². The van der Waals surface area contributed by atoms with Crippen LogP contribution in [0.25, 0.3) is 0 Å². The topological polar surface area (TPSA) is 68.0 Å². The number of nitrogens with zero attached hydrogens (tertiary/aromatic N) is 3. The molecule has 1 unspecified atom stereocenters. The standard InChI is InChI=1S/C12H15N3O2S2/c1-7-11(19-9(3)14-7)8(2)15-5-4-13-12(15)18-6-10(16)17/h4-5,8H,6H2,1-3H3,(H,16,17). The summed E-state index contributed by atoms with van der Waals surface area (Å²) in [6, 6.07) is 0.116. The number of thiazole rings is 1. The van der Waals surface area contributed by atoms with Crippen LogP contribution < -0.4 is 0 Å². The van der Waals surface area contributed by atoms with Gasteiger partial charge >= 0.3 is 5.97 Å². The summed E-state index contributed by atoms with van der Waals surface area (Å²) >= 11 is 2.90. The molecular weight excluding hydrogens is 282 g/mol. The average Bonchev–Trinajstić information content (AvgIpc) is 2.92. The van der Waals surface area contributed by atoms with Crippen molar-refractivity contribution in [1.82, 2.24) is 14.5 Å². The number of thioether (sulfide) groups is 1. The Bertz CT molecular complexity index is 592. The molecule has 0 radical (unpaired) electrons. The third-order valence-corrected chi connectivity index (χ3v) is 4.90. The van der Waals surface area contributed by atoms with E-state index in [0.717, 1.165) is 15.9 Å². The van der Waals surface area contributed by atoms with Crippen LogP contribution in [0.1, 0.15) is 28.5 Å². The van der Waals surface area contributed by atoms with Crippen LogP contribution in [-0.4, -0.2) is 31.4 Å². The predicted molar refractivity (Wildman–Crippen MR) is 76.0 cm³/mol. The molecule has 2 aromatic rings. The molecule has 0 spiro atoms. The van der Waals surface area contributed by atoms with Gasteiger partial charge < -0.3 is 9.67 Å². The molecule has 0 bridgehead atoms. The molecule has 0 aliphatic heterocycles. The van der Waals surface area contributed by atoms with E-state index in [1.165, 1.54) is 16.6 Å². The number of aryl methyl sites for hydroxylation is 2. The second-order valence-electron chi connectivity index (χ2n) is 4.16. The maximum atomic E-state index is 10.6. The van der Waals surface area contributed by atoms with E-state index in [-0.39, 0.29) is 11.8 Å². The number of rotatable bonds is 5. The van der Waals surface area contributed by atoms with Gasteiger partial charge in [0.2, 0.25) is 0 Å². The molecule has 7 heteroatoms. The minimum Gasteiger partial charge on any atom is -0.481 e. The minimum atomic E-state index is -0.836. The van der Waals surface area contributed by atoms with Gasteiger partial charge in [0.25, 0.3) is 0 Å². The van der Waals surface area contributed by atoms with Crippen LogP contribution in [0.5, 0.6) is 0 Å². The largest absolute Gasteiger partial charge is 0.481 e. The molecule has 102 valence electrons. The Morgan fingerprint density at radius 1 is 1.58 bits per heavy atom. The van der Waals surface area contributed by atoms with Crippen LogP contribution in [0, 0.1) is 13.8 Å². The van der Waals surface area contributed by atoms with Gasteiger partial charge in [0, 0.05) is 12.4 Å². The van der Waals surface area contributed by atoms with Crippen molar-refractivity contribution in [2.75, 3.05) is 5.75 Å². The molecule has 5 nitrogen and oxygen atoms in total. The number of carbonyl (C=O) groups is 1. The maximum Gasteiger partial charge on any atom is 0.313 e. The Balaban J connectivity index is 2.24. The second-order valence-corrected chi connectivity index (χ2v) is 6.34. The van der Waals surface area contributed by atoms with E-state index in [1.807, 2.05) is 24.6 Å². The van der Waals surface area contributed by atoms with Gasteiger partial charge in [-0.25, -0.2) is 9.97 Å². The Hall–Kier alpha value is -1.34. The van der Waals surface area contributed by atoms with Gasteiger partial charge in [-0.2, -0.15) is 0 Å². The van der Waals surface area contributed by atoms with Crippen molar-refractivity contribution in [1.29, 1.82) is 0 Å². The van der Waals surface area contributed by atoms with Crippen molar-refractivity contribution in [3.8, 4) is 0 Å². The summed E-state index contributed by atoms with van der Waals surface area (Å²) < 4.78 is 1.99. The number of aliphatic carboxylic acids is 1. The highest BCUT2D eigenvalue weighted by Crippen LogP contribution is 2.30. The van der Waals surface area contributed by atoms with Gasteiger partial charge in [0.05, 0.1) is 27.4 Å². The highest BCUT2D eigenvalue weighted by atomic mass is 32.2. The Kier molecular flexibility index (Phi) is 4.26. The lowest BCUT2D eigenvalue weighted by atomic mass is 10.2. The van der Waals surface area contributed by atoms with E-state index in [4.69, 9.17) is 5.11 Å². The number of hydrogen-bond donors (Lipinski definition) is 1. The monoisotopic (exact) mass is 297 g/mol. The first-order chi connectivity index (χ1) is 8.99. The van der Waals surface area contributed by atoms with E-state index >= 15 is 0 Å². The molecule has 0 amide bonds. The van der Waals surface area contributed by atoms with E-state index < -0.39 is 5.97 Å². The molecule has 0 fully saturated rings. The van der Waals surface area contributed by atoms with E-state index in [0.29, 0.717) is 0 Å². The fourth-order valence-electron chi connectivity index (χ4n) is 1.89. The molecule has 19 heavy (non-hydrogen) atoms. The number of carboxylic acid groups (broad SMARTS) is 1. The first-order valence-electron chi connectivity index (χ1n) is 5.80. The van der Waals surface area contributed by atoms with Crippen LogP contribution in [0.15, 0.2) is 17.6 Å². The smallest absolute Gasteiger partial charge is 0.313 e. The lowest BCUT2D eigenvalue weighted by Crippen LogP contribution is -2.08. The van der Waals surface area contributed by atoms with Gasteiger partial charge in [-0.05, 0) is 20.8 Å². The molecule has 0 saturated heterocycles. The first-order valence-corrected chi connectivity index (χ1v) is 7.60.